The summed E-state index contributed by atoms with van der Waals surface area (Å²) in [5, 5.41) is 0. The number of hydrogen-bond acceptors (Lipinski definition) is 3. The molecule has 0 saturated carbocycles. The molecule has 0 aromatic carbocycles. The maximum Gasteiger partial charge on any atom is 0.306 e. The Balaban J connectivity index is 0.00000144. The van der Waals surface area contributed by atoms with Gasteiger partial charge in [0.25, 0.3) is 0 Å². The summed E-state index contributed by atoms with van der Waals surface area (Å²) in [7, 11) is 0. The van der Waals surface area contributed by atoms with Gasteiger partial charge >= 0.3 is 5.97 Å². The van der Waals surface area contributed by atoms with Gasteiger partial charge in [-0.15, -0.1) is 12.4 Å². The summed E-state index contributed by atoms with van der Waals surface area (Å²) in [5.74, 6) is 0.471. The molecule has 0 aromatic heterocycles. The zero-order valence-electron chi connectivity index (χ0n) is 8.16. The maximum atomic E-state index is 10.8. The van der Waals surface area contributed by atoms with E-state index >= 15 is 0 Å². The highest BCUT2D eigenvalue weighted by atomic mass is 35.5. The molecule has 1 rings (SSSR count). The van der Waals surface area contributed by atoms with E-state index in [1.54, 1.807) is 0 Å². The molecule has 0 radical (unpaired) electrons. The second-order valence-electron chi connectivity index (χ2n) is 3.86. The summed E-state index contributed by atoms with van der Waals surface area (Å²) >= 11 is 0. The van der Waals surface area contributed by atoms with Crippen molar-refractivity contribution in [2.24, 2.45) is 11.7 Å². The summed E-state index contributed by atoms with van der Waals surface area (Å²) in [6.45, 7) is 4.24. The number of carbonyl (C=O) groups is 1. The molecule has 2 atom stereocenters. The summed E-state index contributed by atoms with van der Waals surface area (Å²) in [4.78, 5) is 10.8. The van der Waals surface area contributed by atoms with E-state index in [0.717, 1.165) is 12.8 Å². The third-order valence-electron chi connectivity index (χ3n) is 2.14. The zero-order chi connectivity index (χ0) is 9.14. The van der Waals surface area contributed by atoms with E-state index in [0.29, 0.717) is 12.3 Å². The molecule has 1 heterocycles. The van der Waals surface area contributed by atoms with Crippen molar-refractivity contribution in [2.45, 2.75) is 45.3 Å². The van der Waals surface area contributed by atoms with E-state index in [1.165, 1.54) is 0 Å². The van der Waals surface area contributed by atoms with E-state index in [4.69, 9.17) is 10.5 Å². The Morgan fingerprint density at radius 1 is 1.62 bits per heavy atom. The van der Waals surface area contributed by atoms with E-state index in [-0.39, 0.29) is 30.5 Å². The van der Waals surface area contributed by atoms with E-state index in [2.05, 4.69) is 13.8 Å². The first-order chi connectivity index (χ1) is 5.59. The van der Waals surface area contributed by atoms with Crippen molar-refractivity contribution in [2.75, 3.05) is 0 Å². The van der Waals surface area contributed by atoms with E-state index in [9.17, 15) is 4.79 Å². The minimum absolute atomic E-state index is 0. The molecule has 0 bridgehead atoms. The van der Waals surface area contributed by atoms with Crippen LogP contribution in [0.15, 0.2) is 0 Å². The summed E-state index contributed by atoms with van der Waals surface area (Å²) in [5.41, 5.74) is 5.86. The molecule has 3 nitrogen and oxygen atoms in total. The predicted molar refractivity (Wildman–Crippen MR) is 53.8 cm³/mol. The van der Waals surface area contributed by atoms with E-state index in [1.807, 2.05) is 0 Å². The molecule has 0 amide bonds. The molecular formula is C9H18ClNO2. The first kappa shape index (κ1) is 12.7. The Labute approximate surface area is 85.4 Å². The van der Waals surface area contributed by atoms with Crippen molar-refractivity contribution in [3.05, 3.63) is 0 Å². The van der Waals surface area contributed by atoms with Crippen molar-refractivity contribution < 1.29 is 9.53 Å². The van der Waals surface area contributed by atoms with Crippen LogP contribution < -0.4 is 5.73 Å². The van der Waals surface area contributed by atoms with Crippen LogP contribution in [0.2, 0.25) is 0 Å². The van der Waals surface area contributed by atoms with Crippen LogP contribution in [-0.4, -0.2) is 18.1 Å². The molecule has 2 N–H and O–H groups in total. The standard InChI is InChI=1S/C9H17NO2.ClH/c1-6(2)5-7(10)8-3-4-9(11)12-8;/h6-8H,3-5,10H2,1-2H3;1H/t7-,8+;/m1./s1. The second kappa shape index (κ2) is 5.45. The maximum absolute atomic E-state index is 10.8. The third kappa shape index (κ3) is 3.96. The van der Waals surface area contributed by atoms with Gasteiger partial charge in [0.05, 0.1) is 0 Å². The second-order valence-corrected chi connectivity index (χ2v) is 3.86. The highest BCUT2D eigenvalue weighted by Gasteiger charge is 2.28. The first-order valence-corrected chi connectivity index (χ1v) is 4.54. The van der Waals surface area contributed by atoms with Gasteiger partial charge < -0.3 is 10.5 Å². The highest BCUT2D eigenvalue weighted by Crippen LogP contribution is 2.19. The van der Waals surface area contributed by atoms with Gasteiger partial charge in [0.2, 0.25) is 0 Å². The van der Waals surface area contributed by atoms with Gasteiger partial charge in [0.1, 0.15) is 6.10 Å². The number of cyclic esters (lactones) is 1. The van der Waals surface area contributed by atoms with Crippen LogP contribution in [0.25, 0.3) is 0 Å². The molecule has 1 fully saturated rings. The third-order valence-corrected chi connectivity index (χ3v) is 2.14. The molecule has 1 aliphatic heterocycles. The lowest BCUT2D eigenvalue weighted by Crippen LogP contribution is -2.35. The highest BCUT2D eigenvalue weighted by molar-refractivity contribution is 5.85. The number of esters is 1. The molecule has 0 aliphatic carbocycles. The van der Waals surface area contributed by atoms with Crippen LogP contribution in [0, 0.1) is 5.92 Å². The molecule has 13 heavy (non-hydrogen) atoms. The first-order valence-electron chi connectivity index (χ1n) is 4.54. The topological polar surface area (TPSA) is 52.3 Å². The van der Waals surface area contributed by atoms with Crippen LogP contribution in [0.1, 0.15) is 33.1 Å². The monoisotopic (exact) mass is 207 g/mol. The molecule has 78 valence electrons. The van der Waals surface area contributed by atoms with Crippen molar-refractivity contribution in [3.63, 3.8) is 0 Å². The quantitative estimate of drug-likeness (QED) is 0.714. The van der Waals surface area contributed by atoms with Gasteiger partial charge in [0, 0.05) is 12.5 Å². The number of hydrogen-bond donors (Lipinski definition) is 1. The summed E-state index contributed by atoms with van der Waals surface area (Å²) < 4.78 is 5.06. The molecular weight excluding hydrogens is 190 g/mol. The predicted octanol–water partition coefficient (Wildman–Crippen LogP) is 1.49. The fourth-order valence-corrected chi connectivity index (χ4v) is 1.54. The zero-order valence-corrected chi connectivity index (χ0v) is 8.97. The van der Waals surface area contributed by atoms with Crippen molar-refractivity contribution in [3.8, 4) is 0 Å². The lowest BCUT2D eigenvalue weighted by atomic mass is 9.98. The van der Waals surface area contributed by atoms with Gasteiger partial charge in [-0.1, -0.05) is 13.8 Å². The van der Waals surface area contributed by atoms with Crippen LogP contribution in [0.4, 0.5) is 0 Å². The fraction of sp³-hybridized carbons (Fsp3) is 0.889. The minimum atomic E-state index is -0.0980. The van der Waals surface area contributed by atoms with Crippen molar-refractivity contribution >= 4 is 18.4 Å². The molecule has 1 saturated heterocycles. The lowest BCUT2D eigenvalue weighted by molar-refractivity contribution is -0.142. The van der Waals surface area contributed by atoms with Crippen molar-refractivity contribution in [1.82, 2.24) is 0 Å². The summed E-state index contributed by atoms with van der Waals surface area (Å²) in [6, 6.07) is 0.0245. The number of rotatable bonds is 3. The Hall–Kier alpha value is -0.280. The molecule has 4 heteroatoms. The smallest absolute Gasteiger partial charge is 0.306 e. The Bertz CT molecular complexity index is 173. The molecule has 0 unspecified atom stereocenters. The molecule has 0 aromatic rings. The van der Waals surface area contributed by atoms with Gasteiger partial charge in [-0.05, 0) is 18.8 Å². The normalized spacial score (nSPS) is 24.0. The van der Waals surface area contributed by atoms with Gasteiger partial charge in [0.15, 0.2) is 0 Å². The van der Waals surface area contributed by atoms with E-state index < -0.39 is 0 Å². The van der Waals surface area contributed by atoms with Gasteiger partial charge in [-0.2, -0.15) is 0 Å². The average molecular weight is 208 g/mol. The SMILES string of the molecule is CC(C)C[C@@H](N)[C@@H]1CCC(=O)O1.Cl. The number of nitrogens with two attached hydrogens (primary N) is 1. The average Bonchev–Trinajstić information content (AvgIpc) is 2.34. The van der Waals surface area contributed by atoms with Crippen LogP contribution in [0.3, 0.4) is 0 Å². The van der Waals surface area contributed by atoms with Crippen molar-refractivity contribution in [1.29, 1.82) is 0 Å². The van der Waals surface area contributed by atoms with Gasteiger partial charge in [-0.3, -0.25) is 4.79 Å². The van der Waals surface area contributed by atoms with Crippen LogP contribution >= 0.6 is 12.4 Å². The van der Waals surface area contributed by atoms with Crippen LogP contribution in [0.5, 0.6) is 0 Å². The van der Waals surface area contributed by atoms with Crippen LogP contribution in [-0.2, 0) is 9.53 Å². The lowest BCUT2D eigenvalue weighted by Gasteiger charge is -2.19. The number of ether oxygens (including phenoxy) is 1. The Kier molecular flexibility index (Phi) is 5.33. The molecule has 0 spiro atoms. The Morgan fingerprint density at radius 2 is 2.23 bits per heavy atom. The Morgan fingerprint density at radius 3 is 2.62 bits per heavy atom. The number of carbonyl (C=O) groups excluding carboxylic acids is 1. The fourth-order valence-electron chi connectivity index (χ4n) is 1.54. The summed E-state index contributed by atoms with van der Waals surface area (Å²) in [6.07, 6.45) is 2.24. The minimum Gasteiger partial charge on any atom is -0.461 e. The number of halogens is 1. The molecule has 1 aliphatic rings. The largest absolute Gasteiger partial charge is 0.461 e. The van der Waals surface area contributed by atoms with Gasteiger partial charge in [-0.25, -0.2) is 0 Å².